The molecule has 1 aliphatic carbocycles. The average molecular weight is 300 g/mol. The molecule has 0 saturated heterocycles. The van der Waals surface area contributed by atoms with Crippen LogP contribution in [-0.4, -0.2) is 33.9 Å². The highest BCUT2D eigenvalue weighted by Crippen LogP contribution is 2.36. The van der Waals surface area contributed by atoms with E-state index in [1.807, 2.05) is 0 Å². The molecule has 3 rings (SSSR count). The fourth-order valence-corrected chi connectivity index (χ4v) is 2.61. The van der Waals surface area contributed by atoms with E-state index in [1.165, 1.54) is 0 Å². The Morgan fingerprint density at radius 2 is 1.73 bits per heavy atom. The van der Waals surface area contributed by atoms with E-state index in [-0.39, 0.29) is 28.9 Å². The van der Waals surface area contributed by atoms with E-state index in [9.17, 15) is 24.6 Å². The molecule has 0 aromatic heterocycles. The molecule has 0 spiro atoms. The van der Waals surface area contributed by atoms with Gasteiger partial charge in [0.25, 0.3) is 0 Å². The summed E-state index contributed by atoms with van der Waals surface area (Å²) in [7, 11) is 0. The van der Waals surface area contributed by atoms with Crippen molar-refractivity contribution in [3.63, 3.8) is 0 Å². The van der Waals surface area contributed by atoms with Crippen molar-refractivity contribution in [3.8, 4) is 11.5 Å². The Morgan fingerprint density at radius 3 is 2.36 bits per heavy atom. The lowest BCUT2D eigenvalue weighted by Crippen LogP contribution is -2.30. The van der Waals surface area contributed by atoms with Gasteiger partial charge in [-0.05, 0) is 31.2 Å². The van der Waals surface area contributed by atoms with Crippen LogP contribution in [0.1, 0.15) is 34.1 Å². The van der Waals surface area contributed by atoms with E-state index < -0.39 is 29.4 Å². The van der Waals surface area contributed by atoms with Gasteiger partial charge in [0.1, 0.15) is 17.6 Å². The molecule has 0 unspecified atom stereocenters. The number of Topliss-reactive ketones (excluding diaryl/α,β-unsaturated/α-hetero) is 1. The van der Waals surface area contributed by atoms with Crippen molar-refractivity contribution in [3.05, 3.63) is 46.6 Å². The lowest BCUT2D eigenvalue weighted by molar-refractivity contribution is -0.145. The first kappa shape index (κ1) is 14.1. The van der Waals surface area contributed by atoms with Crippen LogP contribution in [0.15, 0.2) is 35.4 Å². The number of hydrogen-bond acceptors (Lipinski definition) is 6. The summed E-state index contributed by atoms with van der Waals surface area (Å²) in [5.41, 5.74) is 0.186. The Hall–Kier alpha value is -2.89. The fourth-order valence-electron chi connectivity index (χ4n) is 2.61. The Bertz CT molecular complexity index is 784. The summed E-state index contributed by atoms with van der Waals surface area (Å²) in [6.07, 6.45) is 1.79. The molecular weight excluding hydrogens is 288 g/mol. The summed E-state index contributed by atoms with van der Waals surface area (Å²) in [6.45, 7) is 1.72. The molecule has 0 bridgehead atoms. The van der Waals surface area contributed by atoms with Crippen molar-refractivity contribution in [2.45, 2.75) is 19.4 Å². The first-order valence-corrected chi connectivity index (χ1v) is 6.61. The van der Waals surface area contributed by atoms with Crippen LogP contribution in [-0.2, 0) is 9.53 Å². The van der Waals surface area contributed by atoms with E-state index in [1.54, 1.807) is 13.0 Å². The zero-order valence-corrected chi connectivity index (χ0v) is 11.6. The summed E-state index contributed by atoms with van der Waals surface area (Å²) >= 11 is 0. The van der Waals surface area contributed by atoms with Crippen LogP contribution >= 0.6 is 0 Å². The minimum absolute atomic E-state index is 0.0363. The average Bonchev–Trinajstić information content (AvgIpc) is 2.44. The molecule has 6 nitrogen and oxygen atoms in total. The van der Waals surface area contributed by atoms with Gasteiger partial charge in [-0.3, -0.25) is 14.4 Å². The maximum absolute atomic E-state index is 12.5. The van der Waals surface area contributed by atoms with E-state index in [2.05, 4.69) is 0 Å². The molecule has 0 fully saturated rings. The molecule has 1 aromatic rings. The first-order chi connectivity index (χ1) is 10.4. The van der Waals surface area contributed by atoms with Crippen LogP contribution in [0.5, 0.6) is 11.5 Å². The van der Waals surface area contributed by atoms with E-state index in [0.29, 0.717) is 0 Å². The Labute approximate surface area is 125 Å². The summed E-state index contributed by atoms with van der Waals surface area (Å²) in [6, 6.07) is 2.28. The van der Waals surface area contributed by atoms with Gasteiger partial charge in [0.2, 0.25) is 0 Å². The summed E-state index contributed by atoms with van der Waals surface area (Å²) in [5.74, 6) is -2.54. The number of carbonyl (C=O) groups excluding carboxylic acids is 3. The van der Waals surface area contributed by atoms with Crippen LogP contribution in [0.4, 0.5) is 0 Å². The van der Waals surface area contributed by atoms with Crippen LogP contribution in [0, 0.1) is 0 Å². The number of fused-ring (bicyclic) bond motifs is 1. The lowest BCUT2D eigenvalue weighted by atomic mass is 9.85. The number of hydrogen-bond donors (Lipinski definition) is 2. The third-order valence-electron chi connectivity index (χ3n) is 3.61. The number of benzene rings is 1. The van der Waals surface area contributed by atoms with Gasteiger partial charge in [-0.2, -0.15) is 0 Å². The molecule has 2 aliphatic rings. The fraction of sp³-hybridized carbons (Fsp3) is 0.188. The number of aromatic hydroxyl groups is 2. The minimum Gasteiger partial charge on any atom is -0.507 e. The molecule has 1 atom stereocenters. The number of rotatable bonds is 1. The number of allylic oxidation sites excluding steroid dienone is 1. The SMILES string of the molecule is CC1=C[C@@H](C2=CC(=O)c3c(O)ccc(O)c3C2=O)OC(=O)C1. The van der Waals surface area contributed by atoms with Crippen LogP contribution in [0.3, 0.4) is 0 Å². The van der Waals surface area contributed by atoms with Gasteiger partial charge < -0.3 is 14.9 Å². The highest BCUT2D eigenvalue weighted by molar-refractivity contribution is 6.27. The lowest BCUT2D eigenvalue weighted by Gasteiger charge is -2.25. The molecule has 112 valence electrons. The van der Waals surface area contributed by atoms with Crippen LogP contribution in [0.2, 0.25) is 0 Å². The second kappa shape index (κ2) is 4.84. The number of phenolic OH excluding ortho intramolecular Hbond substituents is 2. The maximum Gasteiger partial charge on any atom is 0.310 e. The van der Waals surface area contributed by atoms with E-state index in [0.717, 1.165) is 23.8 Å². The molecule has 22 heavy (non-hydrogen) atoms. The summed E-state index contributed by atoms with van der Waals surface area (Å²) in [4.78, 5) is 36.2. The highest BCUT2D eigenvalue weighted by atomic mass is 16.5. The van der Waals surface area contributed by atoms with Gasteiger partial charge in [0.05, 0.1) is 17.5 Å². The molecule has 0 amide bonds. The van der Waals surface area contributed by atoms with Crippen molar-refractivity contribution in [1.29, 1.82) is 0 Å². The van der Waals surface area contributed by atoms with Crippen molar-refractivity contribution in [2.75, 3.05) is 0 Å². The third-order valence-corrected chi connectivity index (χ3v) is 3.61. The van der Waals surface area contributed by atoms with Gasteiger partial charge in [0.15, 0.2) is 11.6 Å². The van der Waals surface area contributed by atoms with Crippen molar-refractivity contribution in [1.82, 2.24) is 0 Å². The Kier molecular flexibility index (Phi) is 3.09. The first-order valence-electron chi connectivity index (χ1n) is 6.61. The number of carbonyl (C=O) groups is 3. The molecule has 0 saturated carbocycles. The number of esters is 1. The molecule has 1 aliphatic heterocycles. The monoisotopic (exact) mass is 300 g/mol. The molecule has 2 N–H and O–H groups in total. The predicted molar refractivity (Wildman–Crippen MR) is 74.8 cm³/mol. The van der Waals surface area contributed by atoms with Gasteiger partial charge in [-0.15, -0.1) is 0 Å². The quantitative estimate of drug-likeness (QED) is 0.465. The van der Waals surface area contributed by atoms with Crippen LogP contribution in [0.25, 0.3) is 0 Å². The van der Waals surface area contributed by atoms with E-state index in [4.69, 9.17) is 4.74 Å². The second-order valence-corrected chi connectivity index (χ2v) is 5.25. The van der Waals surface area contributed by atoms with Gasteiger partial charge >= 0.3 is 5.97 Å². The molecule has 1 aromatic carbocycles. The number of ether oxygens (including phenoxy) is 1. The Morgan fingerprint density at radius 1 is 1.09 bits per heavy atom. The Balaban J connectivity index is 2.12. The zero-order chi connectivity index (χ0) is 16.0. The zero-order valence-electron chi connectivity index (χ0n) is 11.6. The summed E-state index contributed by atoms with van der Waals surface area (Å²) in [5, 5.41) is 19.6. The smallest absolute Gasteiger partial charge is 0.310 e. The molecular formula is C16H12O6. The third kappa shape index (κ3) is 2.09. The minimum atomic E-state index is -0.965. The van der Waals surface area contributed by atoms with E-state index >= 15 is 0 Å². The standard InChI is InChI=1S/C16H12O6/c1-7-4-12(22-13(20)5-7)8-6-11(19)14-9(17)2-3-10(18)15(14)16(8)21/h2-4,6,12,17-18H,5H2,1H3/t12-/m0/s1. The van der Waals surface area contributed by atoms with Gasteiger partial charge in [-0.1, -0.05) is 5.57 Å². The van der Waals surface area contributed by atoms with Gasteiger partial charge in [-0.25, -0.2) is 0 Å². The maximum atomic E-state index is 12.5. The van der Waals surface area contributed by atoms with Crippen molar-refractivity contribution in [2.24, 2.45) is 0 Å². The molecule has 6 heteroatoms. The normalized spacial score (nSPS) is 21.0. The topological polar surface area (TPSA) is 101 Å². The van der Waals surface area contributed by atoms with Crippen LogP contribution < -0.4 is 0 Å². The van der Waals surface area contributed by atoms with Crippen molar-refractivity contribution < 1.29 is 29.3 Å². The summed E-state index contributed by atoms with van der Waals surface area (Å²) < 4.78 is 5.10. The largest absolute Gasteiger partial charge is 0.507 e. The van der Waals surface area contributed by atoms with Gasteiger partial charge in [0, 0.05) is 5.57 Å². The number of ketones is 2. The number of cyclic esters (lactones) is 1. The van der Waals surface area contributed by atoms with Crippen molar-refractivity contribution >= 4 is 17.5 Å². The molecule has 1 heterocycles. The second-order valence-electron chi connectivity index (χ2n) is 5.25. The molecule has 0 radical (unpaired) electrons. The highest BCUT2D eigenvalue weighted by Gasteiger charge is 2.36. The predicted octanol–water partition coefficient (Wildman–Crippen LogP) is 1.66. The number of phenols is 2.